The predicted octanol–water partition coefficient (Wildman–Crippen LogP) is 2.04. The monoisotopic (exact) mass is 184 g/mol. The molecule has 1 atom stereocenters. The molecule has 0 radical (unpaired) electrons. The fraction of sp³-hybridized carbons (Fsp3) is 0.500. The van der Waals surface area contributed by atoms with Crippen LogP contribution in [0.5, 0.6) is 0 Å². The first kappa shape index (κ1) is 11.8. The van der Waals surface area contributed by atoms with Gasteiger partial charge in [0.15, 0.2) is 0 Å². The molecule has 0 saturated carbocycles. The molecule has 0 aliphatic rings. The molecule has 13 heavy (non-hydrogen) atoms. The van der Waals surface area contributed by atoms with Gasteiger partial charge in [-0.15, -0.1) is 0 Å². The first-order valence-corrected chi connectivity index (χ1v) is 4.20. The number of esters is 1. The van der Waals surface area contributed by atoms with Crippen LogP contribution in [0.1, 0.15) is 20.3 Å². The zero-order valence-corrected chi connectivity index (χ0v) is 8.21. The third kappa shape index (κ3) is 5.06. The lowest BCUT2D eigenvalue weighted by atomic mass is 10.3. The molecule has 0 saturated heterocycles. The number of carbonyl (C=O) groups is 1. The molecular formula is C10H16O3. The molecule has 0 N–H and O–H groups in total. The minimum Gasteiger partial charge on any atom is -0.495 e. The van der Waals surface area contributed by atoms with Crippen LogP contribution in [0.2, 0.25) is 0 Å². The lowest BCUT2D eigenvalue weighted by Gasteiger charge is -2.14. The van der Waals surface area contributed by atoms with Crippen molar-refractivity contribution in [3.8, 4) is 0 Å². The fourth-order valence-corrected chi connectivity index (χ4v) is 0.681. The van der Waals surface area contributed by atoms with Gasteiger partial charge in [0, 0.05) is 5.57 Å². The average molecular weight is 184 g/mol. The molecule has 3 heteroatoms. The lowest BCUT2D eigenvalue weighted by Crippen LogP contribution is -2.19. The largest absolute Gasteiger partial charge is 0.495 e. The van der Waals surface area contributed by atoms with E-state index in [1.807, 2.05) is 6.92 Å². The molecule has 0 spiro atoms. The molecule has 0 aliphatic heterocycles. The Morgan fingerprint density at radius 2 is 2.23 bits per heavy atom. The van der Waals surface area contributed by atoms with E-state index < -0.39 is 0 Å². The SMILES string of the molecule is C=COC(CC)COC(=O)C(=C)C. The van der Waals surface area contributed by atoms with Crippen LogP contribution < -0.4 is 0 Å². The van der Waals surface area contributed by atoms with Gasteiger partial charge in [0.1, 0.15) is 12.7 Å². The van der Waals surface area contributed by atoms with Crippen molar-refractivity contribution < 1.29 is 14.3 Å². The highest BCUT2D eigenvalue weighted by Crippen LogP contribution is 2.01. The van der Waals surface area contributed by atoms with Gasteiger partial charge in [0.2, 0.25) is 0 Å². The fourth-order valence-electron chi connectivity index (χ4n) is 0.681. The average Bonchev–Trinajstić information content (AvgIpc) is 2.11. The van der Waals surface area contributed by atoms with E-state index in [4.69, 9.17) is 9.47 Å². The summed E-state index contributed by atoms with van der Waals surface area (Å²) in [6, 6.07) is 0. The maximum Gasteiger partial charge on any atom is 0.333 e. The van der Waals surface area contributed by atoms with E-state index in [-0.39, 0.29) is 18.7 Å². The number of rotatable bonds is 6. The summed E-state index contributed by atoms with van der Waals surface area (Å²) < 4.78 is 9.98. The van der Waals surface area contributed by atoms with Crippen molar-refractivity contribution in [1.82, 2.24) is 0 Å². The third-order valence-corrected chi connectivity index (χ3v) is 1.49. The number of hydrogen-bond donors (Lipinski definition) is 0. The van der Waals surface area contributed by atoms with E-state index in [0.29, 0.717) is 5.57 Å². The molecule has 3 nitrogen and oxygen atoms in total. The van der Waals surface area contributed by atoms with Crippen LogP contribution >= 0.6 is 0 Å². The number of carbonyl (C=O) groups excluding carboxylic acids is 1. The Bertz CT molecular complexity index is 196. The summed E-state index contributed by atoms with van der Waals surface area (Å²) in [6.45, 7) is 10.7. The Hall–Kier alpha value is -1.25. The Kier molecular flexibility index (Phi) is 5.68. The van der Waals surface area contributed by atoms with Gasteiger partial charge in [0.25, 0.3) is 0 Å². The highest BCUT2D eigenvalue weighted by Gasteiger charge is 2.09. The Morgan fingerprint density at radius 3 is 2.62 bits per heavy atom. The topological polar surface area (TPSA) is 35.5 Å². The maximum absolute atomic E-state index is 11.0. The second kappa shape index (κ2) is 6.29. The van der Waals surface area contributed by atoms with E-state index >= 15 is 0 Å². The third-order valence-electron chi connectivity index (χ3n) is 1.49. The first-order chi connectivity index (χ1) is 6.11. The minimum absolute atomic E-state index is 0.110. The summed E-state index contributed by atoms with van der Waals surface area (Å²) in [7, 11) is 0. The van der Waals surface area contributed by atoms with Gasteiger partial charge in [0.05, 0.1) is 6.26 Å². The van der Waals surface area contributed by atoms with Gasteiger partial charge in [-0.3, -0.25) is 0 Å². The van der Waals surface area contributed by atoms with Crippen molar-refractivity contribution in [1.29, 1.82) is 0 Å². The zero-order valence-electron chi connectivity index (χ0n) is 8.21. The molecule has 1 unspecified atom stereocenters. The molecule has 74 valence electrons. The standard InChI is InChI=1S/C10H16O3/c1-5-9(12-6-2)7-13-10(11)8(3)4/h6,9H,2-3,5,7H2,1,4H3. The Balaban J connectivity index is 3.77. The molecule has 0 aromatic carbocycles. The van der Waals surface area contributed by atoms with Crippen LogP contribution in [0.3, 0.4) is 0 Å². The van der Waals surface area contributed by atoms with Crippen LogP contribution in [-0.4, -0.2) is 18.7 Å². The molecule has 0 aromatic rings. The van der Waals surface area contributed by atoms with Crippen molar-refractivity contribution in [2.45, 2.75) is 26.4 Å². The van der Waals surface area contributed by atoms with Crippen molar-refractivity contribution in [3.05, 3.63) is 25.0 Å². The quantitative estimate of drug-likeness (QED) is 0.360. The highest BCUT2D eigenvalue weighted by molar-refractivity contribution is 5.86. The van der Waals surface area contributed by atoms with E-state index in [9.17, 15) is 4.79 Å². The normalized spacial score (nSPS) is 11.5. The first-order valence-electron chi connectivity index (χ1n) is 4.20. The molecule has 0 heterocycles. The molecule has 0 bridgehead atoms. The summed E-state index contributed by atoms with van der Waals surface area (Å²) in [4.78, 5) is 11.0. The molecule has 0 aliphatic carbocycles. The van der Waals surface area contributed by atoms with Gasteiger partial charge >= 0.3 is 5.97 Å². The Morgan fingerprint density at radius 1 is 1.62 bits per heavy atom. The summed E-state index contributed by atoms with van der Waals surface area (Å²) in [5.41, 5.74) is 0.397. The van der Waals surface area contributed by atoms with Gasteiger partial charge in [-0.1, -0.05) is 20.1 Å². The van der Waals surface area contributed by atoms with Crippen LogP contribution in [0.4, 0.5) is 0 Å². The van der Waals surface area contributed by atoms with Crippen LogP contribution in [0, 0.1) is 0 Å². The Labute approximate surface area is 79.0 Å². The summed E-state index contributed by atoms with van der Waals surface area (Å²) in [5, 5.41) is 0. The van der Waals surface area contributed by atoms with E-state index in [2.05, 4.69) is 13.2 Å². The zero-order chi connectivity index (χ0) is 10.3. The maximum atomic E-state index is 11.0. The van der Waals surface area contributed by atoms with E-state index in [1.54, 1.807) is 6.92 Å². The summed E-state index contributed by atoms with van der Waals surface area (Å²) in [5.74, 6) is -0.383. The van der Waals surface area contributed by atoms with Crippen molar-refractivity contribution in [2.75, 3.05) is 6.61 Å². The second-order valence-electron chi connectivity index (χ2n) is 2.71. The minimum atomic E-state index is -0.383. The second-order valence-corrected chi connectivity index (χ2v) is 2.71. The van der Waals surface area contributed by atoms with Gasteiger partial charge < -0.3 is 9.47 Å². The van der Waals surface area contributed by atoms with Crippen LogP contribution in [0.15, 0.2) is 25.0 Å². The molecule has 0 rings (SSSR count). The van der Waals surface area contributed by atoms with Gasteiger partial charge in [-0.05, 0) is 13.3 Å². The number of hydrogen-bond acceptors (Lipinski definition) is 3. The van der Waals surface area contributed by atoms with Crippen molar-refractivity contribution in [2.24, 2.45) is 0 Å². The molecule has 0 fully saturated rings. The van der Waals surface area contributed by atoms with Crippen LogP contribution in [-0.2, 0) is 14.3 Å². The van der Waals surface area contributed by atoms with E-state index in [1.165, 1.54) is 6.26 Å². The van der Waals surface area contributed by atoms with Crippen molar-refractivity contribution >= 4 is 5.97 Å². The van der Waals surface area contributed by atoms with Gasteiger partial charge in [-0.2, -0.15) is 0 Å². The highest BCUT2D eigenvalue weighted by atomic mass is 16.6. The smallest absolute Gasteiger partial charge is 0.333 e. The van der Waals surface area contributed by atoms with E-state index in [0.717, 1.165) is 6.42 Å². The van der Waals surface area contributed by atoms with Crippen molar-refractivity contribution in [3.63, 3.8) is 0 Å². The molecular weight excluding hydrogens is 168 g/mol. The number of ether oxygens (including phenoxy) is 2. The molecule has 0 aromatic heterocycles. The summed E-state index contributed by atoms with van der Waals surface area (Å²) in [6.07, 6.45) is 2.01. The summed E-state index contributed by atoms with van der Waals surface area (Å²) >= 11 is 0. The molecule has 0 amide bonds. The predicted molar refractivity (Wildman–Crippen MR) is 51.1 cm³/mol. The van der Waals surface area contributed by atoms with Gasteiger partial charge in [-0.25, -0.2) is 4.79 Å². The lowest BCUT2D eigenvalue weighted by molar-refractivity contribution is -0.142. The van der Waals surface area contributed by atoms with Crippen LogP contribution in [0.25, 0.3) is 0 Å².